The van der Waals surface area contributed by atoms with E-state index in [1.807, 2.05) is 13.8 Å². The normalized spacial score (nSPS) is 12.8. The molecular formula is C14H17F6O2+. The van der Waals surface area contributed by atoms with Crippen LogP contribution in [0.15, 0.2) is 18.2 Å². The van der Waals surface area contributed by atoms with Crippen LogP contribution in [-0.4, -0.2) is 24.6 Å². The number of alkyl halides is 6. The average molecular weight is 331 g/mol. The molecule has 0 unspecified atom stereocenters. The third-order valence-electron chi connectivity index (χ3n) is 2.60. The first-order valence-electron chi connectivity index (χ1n) is 6.56. The fourth-order valence-corrected chi connectivity index (χ4v) is 1.71. The zero-order valence-electron chi connectivity index (χ0n) is 12.1. The van der Waals surface area contributed by atoms with Gasteiger partial charge in [0.2, 0.25) is 0 Å². The SMILES string of the molecule is CC(C)COCC[OH+]c1c(C(F)(F)F)cccc1C(F)(F)F. The first kappa shape index (κ1) is 18.6. The van der Waals surface area contributed by atoms with Crippen LogP contribution >= 0.6 is 0 Å². The molecule has 0 heterocycles. The number of aliphatic hydroxyl groups is 1. The predicted octanol–water partition coefficient (Wildman–Crippen LogP) is 4.64. The maximum absolute atomic E-state index is 12.8. The molecule has 1 aromatic carbocycles. The van der Waals surface area contributed by atoms with Gasteiger partial charge in [0.15, 0.2) is 17.7 Å². The molecule has 0 aliphatic rings. The van der Waals surface area contributed by atoms with E-state index in [0.717, 1.165) is 6.07 Å². The van der Waals surface area contributed by atoms with Gasteiger partial charge in [0.1, 0.15) is 6.61 Å². The molecule has 0 aromatic heterocycles. The fraction of sp³-hybridized carbons (Fsp3) is 0.571. The van der Waals surface area contributed by atoms with Crippen molar-refractivity contribution in [3.63, 3.8) is 0 Å². The Labute approximate surface area is 124 Å². The summed E-state index contributed by atoms with van der Waals surface area (Å²) in [5, 5.41) is 0. The summed E-state index contributed by atoms with van der Waals surface area (Å²) in [7, 11) is 0. The molecule has 0 aliphatic carbocycles. The first-order valence-corrected chi connectivity index (χ1v) is 6.56. The van der Waals surface area contributed by atoms with Gasteiger partial charge >= 0.3 is 12.4 Å². The van der Waals surface area contributed by atoms with E-state index in [0.29, 0.717) is 18.7 Å². The fourth-order valence-electron chi connectivity index (χ4n) is 1.71. The van der Waals surface area contributed by atoms with E-state index in [2.05, 4.69) is 4.74 Å². The molecule has 0 saturated heterocycles. The van der Waals surface area contributed by atoms with E-state index in [-0.39, 0.29) is 19.1 Å². The minimum Gasteiger partial charge on any atom is -0.580 e. The zero-order chi connectivity index (χ0) is 17.0. The van der Waals surface area contributed by atoms with E-state index in [9.17, 15) is 26.3 Å². The third kappa shape index (κ3) is 5.40. The van der Waals surface area contributed by atoms with Crippen LogP contribution in [0, 0.1) is 5.92 Å². The minimum absolute atomic E-state index is 0.0400. The van der Waals surface area contributed by atoms with Crippen LogP contribution in [0.25, 0.3) is 0 Å². The molecule has 22 heavy (non-hydrogen) atoms. The topological polar surface area (TPSA) is 22.0 Å². The highest BCUT2D eigenvalue weighted by Gasteiger charge is 2.44. The molecule has 0 atom stereocenters. The highest BCUT2D eigenvalue weighted by Crippen LogP contribution is 2.44. The monoisotopic (exact) mass is 331 g/mol. The standard InChI is InChI=1S/C14H16F6O2/c1-9(2)8-21-6-7-22-12-10(13(15,16)17)4-3-5-11(12)14(18,19)20/h3-5,9H,6-8H2,1-2H3/p+1. The molecule has 0 radical (unpaired) electrons. The Morgan fingerprint density at radius 2 is 1.50 bits per heavy atom. The molecule has 2 nitrogen and oxygen atoms in total. The first-order chi connectivity index (χ1) is 10.0. The number of hydrogen-bond donors (Lipinski definition) is 0. The summed E-state index contributed by atoms with van der Waals surface area (Å²) in [5.74, 6) is -0.871. The van der Waals surface area contributed by atoms with Crippen molar-refractivity contribution in [3.8, 4) is 5.75 Å². The maximum Gasteiger partial charge on any atom is 0.425 e. The molecule has 1 aromatic rings. The van der Waals surface area contributed by atoms with Gasteiger partial charge in [-0.1, -0.05) is 19.9 Å². The van der Waals surface area contributed by atoms with Crippen molar-refractivity contribution >= 4 is 0 Å². The van der Waals surface area contributed by atoms with Gasteiger partial charge in [0, 0.05) is 6.61 Å². The predicted molar refractivity (Wildman–Crippen MR) is 68.6 cm³/mol. The lowest BCUT2D eigenvalue weighted by Crippen LogP contribution is -2.16. The van der Waals surface area contributed by atoms with Gasteiger partial charge in [-0.25, -0.2) is 0 Å². The van der Waals surface area contributed by atoms with Crippen molar-refractivity contribution < 1.29 is 35.8 Å². The van der Waals surface area contributed by atoms with Crippen LogP contribution in [0.4, 0.5) is 26.3 Å². The van der Waals surface area contributed by atoms with Crippen molar-refractivity contribution in [2.75, 3.05) is 19.8 Å². The van der Waals surface area contributed by atoms with Crippen molar-refractivity contribution in [3.05, 3.63) is 29.3 Å². The van der Waals surface area contributed by atoms with Crippen molar-refractivity contribution in [1.82, 2.24) is 0 Å². The van der Waals surface area contributed by atoms with Gasteiger partial charge in [-0.2, -0.15) is 26.3 Å². The van der Waals surface area contributed by atoms with Gasteiger partial charge in [-0.3, -0.25) is 0 Å². The van der Waals surface area contributed by atoms with Crippen molar-refractivity contribution in [2.24, 2.45) is 5.92 Å². The van der Waals surface area contributed by atoms with Crippen LogP contribution in [0.3, 0.4) is 0 Å². The molecule has 1 N–H and O–H groups in total. The van der Waals surface area contributed by atoms with Gasteiger partial charge in [0.05, 0.1) is 0 Å². The Balaban J connectivity index is 2.94. The Morgan fingerprint density at radius 3 is 1.91 bits per heavy atom. The molecule has 126 valence electrons. The van der Waals surface area contributed by atoms with E-state index < -0.39 is 29.2 Å². The highest BCUT2D eigenvalue weighted by molar-refractivity contribution is 5.44. The average Bonchev–Trinajstić information content (AvgIpc) is 2.35. The summed E-state index contributed by atoms with van der Waals surface area (Å²) in [4.78, 5) is 0. The number of ether oxygens (including phenoxy) is 2. The Hall–Kier alpha value is -1.44. The van der Waals surface area contributed by atoms with Crippen LogP contribution in [0.5, 0.6) is 5.75 Å². The molecule has 0 fully saturated rings. The van der Waals surface area contributed by atoms with E-state index in [4.69, 9.17) is 4.74 Å². The summed E-state index contributed by atoms with van der Waals surface area (Å²) in [5.41, 5.74) is -2.79. The second kappa shape index (κ2) is 7.21. The number of aromatic hydroxyl groups is 1. The summed E-state index contributed by atoms with van der Waals surface area (Å²) in [6.45, 7) is 3.79. The van der Waals surface area contributed by atoms with Crippen molar-refractivity contribution in [1.29, 1.82) is 0 Å². The van der Waals surface area contributed by atoms with E-state index in [1.165, 1.54) is 0 Å². The van der Waals surface area contributed by atoms with Gasteiger partial charge < -0.3 is 9.47 Å². The van der Waals surface area contributed by atoms with Crippen molar-refractivity contribution in [2.45, 2.75) is 26.2 Å². The lowest BCUT2D eigenvalue weighted by atomic mass is 10.1. The molecule has 1 rings (SSSR count). The number of hydrogen-bond acceptors (Lipinski definition) is 1. The van der Waals surface area contributed by atoms with Gasteiger partial charge in [-0.15, -0.1) is 0 Å². The van der Waals surface area contributed by atoms with Gasteiger partial charge in [0.25, 0.3) is 5.75 Å². The number of rotatable bonds is 6. The molecule has 0 aliphatic heterocycles. The summed E-state index contributed by atoms with van der Waals surface area (Å²) in [6.07, 6.45) is -9.81. The molecular weight excluding hydrogens is 314 g/mol. The Bertz CT molecular complexity index is 447. The zero-order valence-corrected chi connectivity index (χ0v) is 12.1. The number of para-hydroxylation sites is 1. The van der Waals surface area contributed by atoms with E-state index >= 15 is 0 Å². The van der Waals surface area contributed by atoms with Crippen LogP contribution in [0.2, 0.25) is 0 Å². The van der Waals surface area contributed by atoms with E-state index in [1.54, 1.807) is 0 Å². The molecule has 8 heteroatoms. The summed E-state index contributed by atoms with van der Waals surface area (Å²) in [6, 6.07) is 1.89. The molecule has 0 saturated carbocycles. The highest BCUT2D eigenvalue weighted by atomic mass is 19.4. The Morgan fingerprint density at radius 1 is 1.00 bits per heavy atom. The van der Waals surface area contributed by atoms with Crippen LogP contribution < -0.4 is 0 Å². The molecule has 0 bridgehead atoms. The number of halogens is 6. The molecule has 0 amide bonds. The summed E-state index contributed by atoms with van der Waals surface area (Å²) < 4.78 is 85.6. The Kier molecular flexibility index (Phi) is 6.10. The minimum atomic E-state index is -4.90. The number of benzene rings is 1. The summed E-state index contributed by atoms with van der Waals surface area (Å²) >= 11 is 0. The second-order valence-corrected chi connectivity index (χ2v) is 5.05. The maximum atomic E-state index is 12.8. The lowest BCUT2D eigenvalue weighted by Gasteiger charge is -2.16. The lowest BCUT2D eigenvalue weighted by molar-refractivity contribution is -0.151. The van der Waals surface area contributed by atoms with Crippen LogP contribution in [0.1, 0.15) is 25.0 Å². The smallest absolute Gasteiger partial charge is 0.425 e. The second-order valence-electron chi connectivity index (χ2n) is 5.05. The van der Waals surface area contributed by atoms with Gasteiger partial charge in [-0.05, 0) is 18.1 Å². The molecule has 0 spiro atoms. The van der Waals surface area contributed by atoms with Crippen LogP contribution in [-0.2, 0) is 17.1 Å². The third-order valence-corrected chi connectivity index (χ3v) is 2.60. The largest absolute Gasteiger partial charge is 0.580 e. The quantitative estimate of drug-likeness (QED) is 0.423.